The van der Waals surface area contributed by atoms with E-state index in [9.17, 15) is 19.5 Å². The number of carbonyl (C=O) groups excluding carboxylic acids is 2. The van der Waals surface area contributed by atoms with Gasteiger partial charge in [0.05, 0.1) is 11.8 Å². The van der Waals surface area contributed by atoms with Crippen molar-refractivity contribution in [2.75, 3.05) is 19.7 Å². The Hall–Kier alpha value is -3.35. The zero-order valence-corrected chi connectivity index (χ0v) is 20.9. The lowest BCUT2D eigenvalue weighted by molar-refractivity contribution is -0.143. The molecule has 2 aromatic rings. The predicted octanol–water partition coefficient (Wildman–Crippen LogP) is 4.66. The van der Waals surface area contributed by atoms with E-state index in [4.69, 9.17) is 4.74 Å². The van der Waals surface area contributed by atoms with Crippen LogP contribution in [0, 0.1) is 23.7 Å². The molecule has 2 atom stereocenters. The number of nitrogens with one attached hydrogen (secondary N) is 2. The van der Waals surface area contributed by atoms with Crippen LogP contribution in [0.2, 0.25) is 0 Å². The topological polar surface area (TPSA) is 105 Å². The molecule has 3 rings (SSSR count). The van der Waals surface area contributed by atoms with Crippen molar-refractivity contribution in [2.45, 2.75) is 40.0 Å². The van der Waals surface area contributed by atoms with E-state index in [2.05, 4.69) is 34.9 Å². The summed E-state index contributed by atoms with van der Waals surface area (Å²) in [5.41, 5.74) is 4.59. The summed E-state index contributed by atoms with van der Waals surface area (Å²) in [7, 11) is 0. The number of carbonyl (C=O) groups is 3. The number of hydrogen-bond donors (Lipinski definition) is 3. The Bertz CT molecular complexity index is 1000. The summed E-state index contributed by atoms with van der Waals surface area (Å²) in [6.45, 7) is 8.02. The second-order valence-corrected chi connectivity index (χ2v) is 9.97. The van der Waals surface area contributed by atoms with Crippen LogP contribution in [-0.4, -0.2) is 42.8 Å². The maximum Gasteiger partial charge on any atom is 0.407 e. The van der Waals surface area contributed by atoms with Gasteiger partial charge in [0.25, 0.3) is 0 Å². The van der Waals surface area contributed by atoms with Crippen LogP contribution >= 0.6 is 0 Å². The summed E-state index contributed by atoms with van der Waals surface area (Å²) in [6.07, 6.45) is -0.00597. The number of rotatable bonds is 11. The average molecular weight is 481 g/mol. The van der Waals surface area contributed by atoms with Crippen LogP contribution in [0.1, 0.15) is 51.2 Å². The Morgan fingerprint density at radius 3 is 1.97 bits per heavy atom. The van der Waals surface area contributed by atoms with Crippen molar-refractivity contribution in [1.29, 1.82) is 0 Å². The van der Waals surface area contributed by atoms with Crippen molar-refractivity contribution in [3.8, 4) is 11.1 Å². The summed E-state index contributed by atoms with van der Waals surface area (Å²) in [6, 6.07) is 16.3. The summed E-state index contributed by atoms with van der Waals surface area (Å²) in [4.78, 5) is 36.8. The molecule has 7 nitrogen and oxygen atoms in total. The van der Waals surface area contributed by atoms with E-state index in [0.29, 0.717) is 6.42 Å². The highest BCUT2D eigenvalue weighted by Crippen LogP contribution is 2.44. The third-order valence-corrected chi connectivity index (χ3v) is 6.58. The minimum Gasteiger partial charge on any atom is -0.481 e. The lowest BCUT2D eigenvalue weighted by atomic mass is 9.94. The van der Waals surface area contributed by atoms with Crippen molar-refractivity contribution in [2.24, 2.45) is 23.7 Å². The molecule has 0 saturated heterocycles. The fraction of sp³-hybridized carbons (Fsp3) is 0.464. The van der Waals surface area contributed by atoms with Gasteiger partial charge in [-0.25, -0.2) is 4.79 Å². The standard InChI is InChI=1S/C28H36N2O5/c1-17(2)13-19(26(31)29-15-24(18(3)4)27(32)33)14-30-28(34)35-16-25-22-11-7-5-9-20(22)21-10-6-8-12-23(21)25/h5-12,17-19,24-25H,13-16H2,1-4H3,(H,29,31)(H,30,34)(H,32,33). The molecule has 0 radical (unpaired) electrons. The van der Waals surface area contributed by atoms with Crippen molar-refractivity contribution in [3.63, 3.8) is 0 Å². The van der Waals surface area contributed by atoms with Crippen LogP contribution in [-0.2, 0) is 14.3 Å². The van der Waals surface area contributed by atoms with E-state index in [-0.39, 0.29) is 43.4 Å². The van der Waals surface area contributed by atoms with E-state index in [1.165, 1.54) is 0 Å². The Morgan fingerprint density at radius 1 is 0.886 bits per heavy atom. The van der Waals surface area contributed by atoms with Crippen LogP contribution in [0.3, 0.4) is 0 Å². The molecule has 7 heteroatoms. The monoisotopic (exact) mass is 480 g/mol. The normalized spacial score (nSPS) is 14.2. The first-order valence-electron chi connectivity index (χ1n) is 12.3. The highest BCUT2D eigenvalue weighted by molar-refractivity contribution is 5.81. The zero-order valence-electron chi connectivity index (χ0n) is 20.9. The molecule has 0 bridgehead atoms. The molecule has 0 aliphatic heterocycles. The summed E-state index contributed by atoms with van der Waals surface area (Å²) in [5, 5.41) is 14.9. The van der Waals surface area contributed by atoms with Gasteiger partial charge in [-0.05, 0) is 40.5 Å². The first-order chi connectivity index (χ1) is 16.7. The van der Waals surface area contributed by atoms with Gasteiger partial charge >= 0.3 is 12.1 Å². The van der Waals surface area contributed by atoms with Gasteiger partial charge in [0.1, 0.15) is 6.61 Å². The lowest BCUT2D eigenvalue weighted by Crippen LogP contribution is -2.43. The number of fused-ring (bicyclic) bond motifs is 3. The minimum atomic E-state index is -0.933. The molecular weight excluding hydrogens is 444 g/mol. The molecule has 3 N–H and O–H groups in total. The number of aliphatic carboxylic acids is 1. The van der Waals surface area contributed by atoms with Crippen molar-refractivity contribution in [3.05, 3.63) is 59.7 Å². The fourth-order valence-corrected chi connectivity index (χ4v) is 4.67. The van der Waals surface area contributed by atoms with Crippen molar-refractivity contribution >= 4 is 18.0 Å². The highest BCUT2D eigenvalue weighted by atomic mass is 16.5. The third-order valence-electron chi connectivity index (χ3n) is 6.58. The van der Waals surface area contributed by atoms with Gasteiger partial charge in [-0.1, -0.05) is 76.2 Å². The number of amides is 2. The number of carboxylic acids is 1. The Morgan fingerprint density at radius 2 is 1.46 bits per heavy atom. The average Bonchev–Trinajstić information content (AvgIpc) is 3.13. The van der Waals surface area contributed by atoms with Crippen LogP contribution < -0.4 is 10.6 Å². The molecule has 2 unspecified atom stereocenters. The molecule has 0 spiro atoms. The van der Waals surface area contributed by atoms with Crippen molar-refractivity contribution in [1.82, 2.24) is 10.6 Å². The van der Waals surface area contributed by atoms with Crippen LogP contribution in [0.15, 0.2) is 48.5 Å². The maximum atomic E-state index is 12.8. The van der Waals surface area contributed by atoms with Crippen molar-refractivity contribution < 1.29 is 24.2 Å². The molecule has 0 saturated carbocycles. The Labute approximate surface area is 207 Å². The largest absolute Gasteiger partial charge is 0.481 e. The van der Waals surface area contributed by atoms with Gasteiger partial charge in [-0.2, -0.15) is 0 Å². The van der Waals surface area contributed by atoms with Gasteiger partial charge in [-0.3, -0.25) is 9.59 Å². The smallest absolute Gasteiger partial charge is 0.407 e. The zero-order chi connectivity index (χ0) is 25.5. The van der Waals surface area contributed by atoms with E-state index in [1.54, 1.807) is 0 Å². The van der Waals surface area contributed by atoms with E-state index in [0.717, 1.165) is 22.3 Å². The molecule has 2 aromatic carbocycles. The second-order valence-electron chi connectivity index (χ2n) is 9.97. The van der Waals surface area contributed by atoms with E-state index < -0.39 is 23.9 Å². The predicted molar refractivity (Wildman–Crippen MR) is 135 cm³/mol. The molecule has 188 valence electrons. The number of carboxylic acid groups (broad SMARTS) is 1. The molecule has 0 aromatic heterocycles. The number of hydrogen-bond acceptors (Lipinski definition) is 4. The molecule has 2 amide bonds. The first kappa shape index (κ1) is 26.3. The molecule has 0 heterocycles. The van der Waals surface area contributed by atoms with Crippen LogP contribution in [0.4, 0.5) is 4.79 Å². The number of benzene rings is 2. The lowest BCUT2D eigenvalue weighted by Gasteiger charge is -2.22. The maximum absolute atomic E-state index is 12.8. The van der Waals surface area contributed by atoms with Crippen LogP contribution in [0.5, 0.6) is 0 Å². The van der Waals surface area contributed by atoms with E-state index in [1.807, 2.05) is 52.0 Å². The highest BCUT2D eigenvalue weighted by Gasteiger charge is 2.29. The Kier molecular flexibility index (Phi) is 8.90. The summed E-state index contributed by atoms with van der Waals surface area (Å²) >= 11 is 0. The molecule has 0 fully saturated rings. The first-order valence-corrected chi connectivity index (χ1v) is 12.3. The van der Waals surface area contributed by atoms with E-state index >= 15 is 0 Å². The van der Waals surface area contributed by atoms with Gasteiger partial charge in [-0.15, -0.1) is 0 Å². The molecule has 1 aliphatic rings. The van der Waals surface area contributed by atoms with Gasteiger partial charge in [0, 0.05) is 19.0 Å². The molecule has 35 heavy (non-hydrogen) atoms. The fourth-order valence-electron chi connectivity index (χ4n) is 4.67. The second kappa shape index (κ2) is 11.9. The van der Waals surface area contributed by atoms with Crippen LogP contribution in [0.25, 0.3) is 11.1 Å². The summed E-state index contributed by atoms with van der Waals surface area (Å²) < 4.78 is 5.58. The minimum absolute atomic E-state index is 0.0353. The molecule has 1 aliphatic carbocycles. The third kappa shape index (κ3) is 6.62. The van der Waals surface area contributed by atoms with Gasteiger partial charge in [0.15, 0.2) is 0 Å². The molecular formula is C28H36N2O5. The number of ether oxygens (including phenoxy) is 1. The Balaban J connectivity index is 1.56. The number of alkyl carbamates (subject to hydrolysis) is 1. The quantitative estimate of drug-likeness (QED) is 0.434. The van der Waals surface area contributed by atoms with Gasteiger partial charge < -0.3 is 20.5 Å². The SMILES string of the molecule is CC(C)CC(CNC(=O)OCC1c2ccccc2-c2ccccc21)C(=O)NCC(C(=O)O)C(C)C. The van der Waals surface area contributed by atoms with Gasteiger partial charge in [0.2, 0.25) is 5.91 Å². The summed E-state index contributed by atoms with van der Waals surface area (Å²) in [5.74, 6) is -2.23.